The minimum absolute atomic E-state index is 0.0852. The van der Waals surface area contributed by atoms with E-state index in [2.05, 4.69) is 26.5 Å². The zero-order valence-corrected chi connectivity index (χ0v) is 25.2. The highest BCUT2D eigenvalue weighted by Crippen LogP contribution is 2.28. The van der Waals surface area contributed by atoms with Crippen molar-refractivity contribution in [3.05, 3.63) is 110 Å². The number of amides is 1. The molecule has 0 aliphatic carbocycles. The summed E-state index contributed by atoms with van der Waals surface area (Å²) >= 11 is 15.6. The second-order valence-electron chi connectivity index (χ2n) is 8.85. The van der Waals surface area contributed by atoms with Gasteiger partial charge in [-0.3, -0.25) is 9.10 Å². The Labute approximate surface area is 246 Å². The Kier molecular flexibility index (Phi) is 8.86. The van der Waals surface area contributed by atoms with Crippen LogP contribution in [0.3, 0.4) is 0 Å². The van der Waals surface area contributed by atoms with Crippen molar-refractivity contribution >= 4 is 67.0 Å². The molecule has 202 valence electrons. The molecule has 39 heavy (non-hydrogen) atoms. The predicted molar refractivity (Wildman–Crippen MR) is 161 cm³/mol. The highest BCUT2D eigenvalue weighted by atomic mass is 79.9. The summed E-state index contributed by atoms with van der Waals surface area (Å²) in [6, 6.07) is 20.5. The summed E-state index contributed by atoms with van der Waals surface area (Å²) in [4.78, 5) is 13.0. The van der Waals surface area contributed by atoms with E-state index in [0.29, 0.717) is 15.7 Å². The van der Waals surface area contributed by atoms with Gasteiger partial charge in [0.15, 0.2) is 0 Å². The Hall–Kier alpha value is -3.11. The van der Waals surface area contributed by atoms with Crippen molar-refractivity contribution in [3.8, 4) is 5.69 Å². The lowest BCUT2D eigenvalue weighted by atomic mass is 10.2. The standard InChI is InChI=1S/C28H25BrCl2N4O3S/c1-18-4-11-25(12-5-18)39(37,38)34(23-8-6-22(29)7-9-23)17-28(36)33-32-16-21-14-19(2)35(20(21)3)24-10-13-26(30)27(31)15-24/h4-16H,17H2,1-3H3,(H,33,36)/b32-16-. The lowest BCUT2D eigenvalue weighted by Gasteiger charge is -2.23. The minimum atomic E-state index is -4.02. The Morgan fingerprint density at radius 2 is 1.64 bits per heavy atom. The summed E-state index contributed by atoms with van der Waals surface area (Å²) in [5, 5.41) is 5.01. The Balaban J connectivity index is 1.55. The van der Waals surface area contributed by atoms with E-state index in [9.17, 15) is 13.2 Å². The van der Waals surface area contributed by atoms with Gasteiger partial charge < -0.3 is 4.57 Å². The molecule has 1 heterocycles. The largest absolute Gasteiger partial charge is 0.318 e. The number of sulfonamides is 1. The second kappa shape index (κ2) is 12.0. The van der Waals surface area contributed by atoms with Crippen molar-refractivity contribution in [3.63, 3.8) is 0 Å². The number of anilines is 1. The van der Waals surface area contributed by atoms with Gasteiger partial charge in [-0.1, -0.05) is 56.8 Å². The highest BCUT2D eigenvalue weighted by Gasteiger charge is 2.27. The maximum atomic E-state index is 13.5. The van der Waals surface area contributed by atoms with Gasteiger partial charge in [-0.2, -0.15) is 5.10 Å². The van der Waals surface area contributed by atoms with Crippen LogP contribution in [0.1, 0.15) is 22.5 Å². The van der Waals surface area contributed by atoms with Crippen LogP contribution < -0.4 is 9.73 Å². The Bertz CT molecular complexity index is 1650. The summed E-state index contributed by atoms with van der Waals surface area (Å²) in [7, 11) is -4.02. The first-order chi connectivity index (χ1) is 18.5. The van der Waals surface area contributed by atoms with Gasteiger partial charge in [0.2, 0.25) is 0 Å². The molecule has 0 spiro atoms. The number of hydrazone groups is 1. The van der Waals surface area contributed by atoms with E-state index in [1.54, 1.807) is 48.5 Å². The number of nitrogens with zero attached hydrogens (tertiary/aromatic N) is 3. The molecule has 0 saturated heterocycles. The van der Waals surface area contributed by atoms with Gasteiger partial charge in [0, 0.05) is 27.1 Å². The van der Waals surface area contributed by atoms with Gasteiger partial charge in [0.05, 0.1) is 26.8 Å². The predicted octanol–water partition coefficient (Wildman–Crippen LogP) is 6.82. The summed E-state index contributed by atoms with van der Waals surface area (Å²) in [5.41, 5.74) is 7.16. The molecule has 0 radical (unpaired) electrons. The molecular weight excluding hydrogens is 623 g/mol. The normalized spacial score (nSPS) is 11.6. The number of hydrogen-bond donors (Lipinski definition) is 1. The molecule has 0 bridgehead atoms. The molecule has 3 aromatic carbocycles. The molecule has 11 heteroatoms. The average Bonchev–Trinajstić information content (AvgIpc) is 3.17. The van der Waals surface area contributed by atoms with Crippen LogP contribution >= 0.6 is 39.1 Å². The zero-order chi connectivity index (χ0) is 28.3. The van der Waals surface area contributed by atoms with Crippen molar-refractivity contribution in [2.45, 2.75) is 25.7 Å². The fourth-order valence-corrected chi connectivity index (χ4v) is 6.02. The van der Waals surface area contributed by atoms with Crippen molar-refractivity contribution in [1.82, 2.24) is 9.99 Å². The van der Waals surface area contributed by atoms with Crippen LogP contribution in [0, 0.1) is 20.8 Å². The number of aromatic nitrogens is 1. The van der Waals surface area contributed by atoms with Gasteiger partial charge in [-0.05, 0) is 81.4 Å². The van der Waals surface area contributed by atoms with Gasteiger partial charge >= 0.3 is 0 Å². The highest BCUT2D eigenvalue weighted by molar-refractivity contribution is 9.10. The van der Waals surface area contributed by atoms with E-state index in [4.69, 9.17) is 23.2 Å². The molecular formula is C28H25BrCl2N4O3S. The fraction of sp³-hybridized carbons (Fsp3) is 0.143. The van der Waals surface area contributed by atoms with E-state index in [0.717, 1.165) is 37.0 Å². The van der Waals surface area contributed by atoms with Crippen LogP contribution in [0.5, 0.6) is 0 Å². The average molecular weight is 648 g/mol. The van der Waals surface area contributed by atoms with Crippen LogP contribution in [-0.2, 0) is 14.8 Å². The Morgan fingerprint density at radius 1 is 0.974 bits per heavy atom. The van der Waals surface area contributed by atoms with E-state index in [1.165, 1.54) is 18.3 Å². The SMILES string of the molecule is Cc1ccc(S(=O)(=O)N(CC(=O)N/N=C\c2cc(C)n(-c3ccc(Cl)c(Cl)c3)c2C)c2ccc(Br)cc2)cc1. The third kappa shape index (κ3) is 6.55. The number of hydrogen-bond acceptors (Lipinski definition) is 4. The summed E-state index contributed by atoms with van der Waals surface area (Å²) in [6.07, 6.45) is 1.52. The molecule has 4 aromatic rings. The molecule has 0 unspecified atom stereocenters. The third-order valence-corrected chi connectivity index (χ3v) is 9.09. The monoisotopic (exact) mass is 646 g/mol. The number of benzene rings is 3. The molecule has 0 saturated carbocycles. The molecule has 0 fully saturated rings. The van der Waals surface area contributed by atoms with Crippen molar-refractivity contribution in [2.75, 3.05) is 10.8 Å². The quantitative estimate of drug-likeness (QED) is 0.168. The molecule has 4 rings (SSSR count). The first-order valence-corrected chi connectivity index (χ1v) is 14.8. The summed E-state index contributed by atoms with van der Waals surface area (Å²) < 4.78 is 30.8. The maximum absolute atomic E-state index is 13.5. The van der Waals surface area contributed by atoms with Gasteiger partial charge in [-0.15, -0.1) is 0 Å². The number of carbonyl (C=O) groups excluding carboxylic acids is 1. The lowest BCUT2D eigenvalue weighted by Crippen LogP contribution is -2.39. The lowest BCUT2D eigenvalue weighted by molar-refractivity contribution is -0.119. The number of halogens is 3. The first kappa shape index (κ1) is 28.9. The zero-order valence-electron chi connectivity index (χ0n) is 21.3. The molecule has 0 aliphatic rings. The van der Waals surface area contributed by atoms with Crippen LogP contribution in [0.4, 0.5) is 5.69 Å². The fourth-order valence-electron chi connectivity index (χ4n) is 4.04. The van der Waals surface area contributed by atoms with Crippen LogP contribution in [-0.4, -0.2) is 31.7 Å². The summed E-state index contributed by atoms with van der Waals surface area (Å²) in [5.74, 6) is -0.594. The molecule has 1 N–H and O–H groups in total. The molecule has 0 atom stereocenters. The topological polar surface area (TPSA) is 83.8 Å². The van der Waals surface area contributed by atoms with E-state index in [1.807, 2.05) is 37.5 Å². The third-order valence-electron chi connectivity index (χ3n) is 6.04. The van der Waals surface area contributed by atoms with Crippen LogP contribution in [0.15, 0.2) is 87.3 Å². The number of nitrogens with one attached hydrogen (secondary N) is 1. The Morgan fingerprint density at radius 3 is 2.28 bits per heavy atom. The van der Waals surface area contributed by atoms with E-state index < -0.39 is 22.5 Å². The van der Waals surface area contributed by atoms with E-state index >= 15 is 0 Å². The molecule has 1 amide bonds. The van der Waals surface area contributed by atoms with Crippen molar-refractivity contribution in [1.29, 1.82) is 0 Å². The van der Waals surface area contributed by atoms with Crippen LogP contribution in [0.2, 0.25) is 10.0 Å². The van der Waals surface area contributed by atoms with Crippen molar-refractivity contribution in [2.24, 2.45) is 5.10 Å². The first-order valence-electron chi connectivity index (χ1n) is 11.8. The van der Waals surface area contributed by atoms with Gasteiger partial charge in [0.1, 0.15) is 6.54 Å². The molecule has 0 aliphatic heterocycles. The van der Waals surface area contributed by atoms with Crippen molar-refractivity contribution < 1.29 is 13.2 Å². The maximum Gasteiger partial charge on any atom is 0.264 e. The minimum Gasteiger partial charge on any atom is -0.318 e. The van der Waals surface area contributed by atoms with E-state index in [-0.39, 0.29) is 4.90 Å². The number of aryl methyl sites for hydroxylation is 2. The van der Waals surface area contributed by atoms with Gasteiger partial charge in [-0.25, -0.2) is 13.8 Å². The number of carbonyl (C=O) groups is 1. The molecule has 1 aromatic heterocycles. The second-order valence-corrected chi connectivity index (χ2v) is 12.4. The molecule has 7 nitrogen and oxygen atoms in total. The number of rotatable bonds is 8. The van der Waals surface area contributed by atoms with Crippen LogP contribution in [0.25, 0.3) is 5.69 Å². The summed E-state index contributed by atoms with van der Waals surface area (Å²) in [6.45, 7) is 5.27. The van der Waals surface area contributed by atoms with Gasteiger partial charge in [0.25, 0.3) is 15.9 Å². The smallest absolute Gasteiger partial charge is 0.264 e.